The number of benzene rings is 2. The van der Waals surface area contributed by atoms with Gasteiger partial charge in [-0.25, -0.2) is 0 Å². The summed E-state index contributed by atoms with van der Waals surface area (Å²) in [6.45, 7) is 11.7. The second kappa shape index (κ2) is 25.4. The summed E-state index contributed by atoms with van der Waals surface area (Å²) >= 11 is 0. The number of hydrogen-bond acceptors (Lipinski definition) is 3. The molecule has 0 spiro atoms. The Bertz CT molecular complexity index is 453. The highest BCUT2D eigenvalue weighted by Gasteiger charge is 1.85. The van der Waals surface area contributed by atoms with E-state index in [1.165, 1.54) is 31.0 Å². The minimum atomic E-state index is 0.917. The molecule has 0 unspecified atom stereocenters. The van der Waals surface area contributed by atoms with E-state index >= 15 is 0 Å². The van der Waals surface area contributed by atoms with Crippen LogP contribution in [0.5, 0.6) is 5.75 Å². The number of aryl methyl sites for hydroxylation is 2. The first kappa shape index (κ1) is 28.9. The van der Waals surface area contributed by atoms with Crippen molar-refractivity contribution in [2.75, 3.05) is 27.7 Å². The standard InChI is InChI=1S/C8H10O.C7H8.C4H11N.C3H8.CH5N/c1-7-3-5-8(9-2)6-4-7;1-7-5-3-2-4-6-7;1-3-4-5-2;1-3-2;1-2/h3-6H,1-2H3;2-6H,1H3;5H,3-4H2,1-2H3;3H2,1-2H3;2H2,1H3. The first-order chi connectivity index (χ1) is 12.5. The third kappa shape index (κ3) is 24.4. The second-order valence-corrected chi connectivity index (χ2v) is 5.48. The Morgan fingerprint density at radius 1 is 0.808 bits per heavy atom. The molecule has 0 saturated heterocycles. The molecule has 3 N–H and O–H groups in total. The van der Waals surface area contributed by atoms with Crippen LogP contribution in [0.15, 0.2) is 54.6 Å². The lowest BCUT2D eigenvalue weighted by molar-refractivity contribution is 0.414. The molecule has 0 amide bonds. The quantitative estimate of drug-likeness (QED) is 0.746. The van der Waals surface area contributed by atoms with Gasteiger partial charge in [0.1, 0.15) is 5.75 Å². The van der Waals surface area contributed by atoms with E-state index < -0.39 is 0 Å². The third-order valence-electron chi connectivity index (χ3n) is 2.70. The lowest BCUT2D eigenvalue weighted by Crippen LogP contribution is -2.04. The second-order valence-electron chi connectivity index (χ2n) is 5.48. The first-order valence-corrected chi connectivity index (χ1v) is 9.40. The number of methoxy groups -OCH3 is 1. The van der Waals surface area contributed by atoms with Crippen LogP contribution in [0.25, 0.3) is 0 Å². The van der Waals surface area contributed by atoms with E-state index in [2.05, 4.69) is 57.8 Å². The number of nitrogens with one attached hydrogen (secondary N) is 1. The largest absolute Gasteiger partial charge is 0.497 e. The molecular formula is C23H42N2O. The molecule has 3 nitrogen and oxygen atoms in total. The van der Waals surface area contributed by atoms with Crippen molar-refractivity contribution in [2.45, 2.75) is 47.5 Å². The minimum absolute atomic E-state index is 0.917. The summed E-state index contributed by atoms with van der Waals surface area (Å²) in [5.74, 6) is 0.917. The summed E-state index contributed by atoms with van der Waals surface area (Å²) in [5.41, 5.74) is 7.08. The predicted molar refractivity (Wildman–Crippen MR) is 119 cm³/mol. The highest BCUT2D eigenvalue weighted by molar-refractivity contribution is 5.25. The molecular weight excluding hydrogens is 320 g/mol. The molecule has 2 rings (SSSR count). The van der Waals surface area contributed by atoms with Gasteiger partial charge in [-0.15, -0.1) is 0 Å². The zero-order valence-electron chi connectivity index (χ0n) is 18.3. The maximum Gasteiger partial charge on any atom is 0.118 e. The highest BCUT2D eigenvalue weighted by atomic mass is 16.5. The molecule has 2 aromatic rings. The van der Waals surface area contributed by atoms with Crippen LogP contribution in [-0.2, 0) is 0 Å². The van der Waals surface area contributed by atoms with Gasteiger partial charge in [-0.1, -0.05) is 80.8 Å². The highest BCUT2D eigenvalue weighted by Crippen LogP contribution is 2.09. The Kier molecular flexibility index (Phi) is 28.3. The Hall–Kier alpha value is -1.84. The summed E-state index contributed by atoms with van der Waals surface area (Å²) in [4.78, 5) is 0. The molecule has 0 bridgehead atoms. The normalized spacial score (nSPS) is 8.04. The minimum Gasteiger partial charge on any atom is -0.497 e. The van der Waals surface area contributed by atoms with Gasteiger partial charge in [-0.2, -0.15) is 0 Å². The van der Waals surface area contributed by atoms with Gasteiger partial charge in [0, 0.05) is 0 Å². The average molecular weight is 363 g/mol. The summed E-state index contributed by atoms with van der Waals surface area (Å²) in [6, 6.07) is 18.2. The molecule has 2 aromatic carbocycles. The van der Waals surface area contributed by atoms with E-state index in [0.717, 1.165) is 12.3 Å². The van der Waals surface area contributed by atoms with Crippen LogP contribution in [0.4, 0.5) is 0 Å². The van der Waals surface area contributed by atoms with Crippen LogP contribution >= 0.6 is 0 Å². The first-order valence-electron chi connectivity index (χ1n) is 9.40. The van der Waals surface area contributed by atoms with E-state index in [0.29, 0.717) is 0 Å². The van der Waals surface area contributed by atoms with Crippen molar-refractivity contribution in [3.05, 3.63) is 65.7 Å². The van der Waals surface area contributed by atoms with Gasteiger partial charge in [0.2, 0.25) is 0 Å². The van der Waals surface area contributed by atoms with Crippen molar-refractivity contribution >= 4 is 0 Å². The smallest absolute Gasteiger partial charge is 0.118 e. The van der Waals surface area contributed by atoms with Gasteiger partial charge >= 0.3 is 0 Å². The van der Waals surface area contributed by atoms with Crippen molar-refractivity contribution in [1.82, 2.24) is 5.32 Å². The number of ether oxygens (including phenoxy) is 1. The molecule has 26 heavy (non-hydrogen) atoms. The SMILES string of the molecule is CCC.CCCNC.CN.COc1ccc(C)cc1.Cc1ccccc1. The Morgan fingerprint density at radius 3 is 1.46 bits per heavy atom. The summed E-state index contributed by atoms with van der Waals surface area (Å²) in [7, 11) is 5.13. The molecule has 0 aromatic heterocycles. The Morgan fingerprint density at radius 2 is 1.23 bits per heavy atom. The topological polar surface area (TPSA) is 47.3 Å². The van der Waals surface area contributed by atoms with Crippen LogP contribution in [0.2, 0.25) is 0 Å². The molecule has 150 valence electrons. The molecule has 3 heteroatoms. The fourth-order valence-corrected chi connectivity index (χ4v) is 1.46. The maximum atomic E-state index is 4.97. The molecule has 0 aliphatic carbocycles. The van der Waals surface area contributed by atoms with Crippen LogP contribution in [0.1, 0.15) is 44.7 Å². The Labute approximate surface area is 163 Å². The van der Waals surface area contributed by atoms with Gasteiger partial charge in [-0.3, -0.25) is 0 Å². The summed E-state index contributed by atoms with van der Waals surface area (Å²) < 4.78 is 4.97. The van der Waals surface area contributed by atoms with Crippen molar-refractivity contribution in [2.24, 2.45) is 5.73 Å². The van der Waals surface area contributed by atoms with E-state index in [1.54, 1.807) is 7.11 Å². The van der Waals surface area contributed by atoms with Crippen molar-refractivity contribution < 1.29 is 4.74 Å². The van der Waals surface area contributed by atoms with Gasteiger partial charge in [0.05, 0.1) is 7.11 Å². The molecule has 0 aliphatic heterocycles. The predicted octanol–water partition coefficient (Wildman–Crippen LogP) is 5.61. The van der Waals surface area contributed by atoms with Crippen LogP contribution in [0, 0.1) is 13.8 Å². The van der Waals surface area contributed by atoms with Gasteiger partial charge in [0.25, 0.3) is 0 Å². The molecule has 0 fully saturated rings. The molecule has 0 saturated carbocycles. The molecule has 0 radical (unpaired) electrons. The van der Waals surface area contributed by atoms with E-state index in [-0.39, 0.29) is 0 Å². The van der Waals surface area contributed by atoms with Gasteiger partial charge < -0.3 is 15.8 Å². The number of rotatable bonds is 3. The van der Waals surface area contributed by atoms with Crippen LogP contribution in [0.3, 0.4) is 0 Å². The van der Waals surface area contributed by atoms with Crippen LogP contribution in [-0.4, -0.2) is 27.7 Å². The summed E-state index contributed by atoms with van der Waals surface area (Å²) in [6.07, 6.45) is 2.48. The van der Waals surface area contributed by atoms with Crippen LogP contribution < -0.4 is 15.8 Å². The zero-order chi connectivity index (χ0) is 20.6. The number of nitrogens with two attached hydrogens (primary N) is 1. The lowest BCUT2D eigenvalue weighted by atomic mass is 10.2. The van der Waals surface area contributed by atoms with E-state index in [1.807, 2.05) is 49.5 Å². The van der Waals surface area contributed by atoms with Crippen molar-refractivity contribution in [3.8, 4) is 5.75 Å². The van der Waals surface area contributed by atoms with Crippen molar-refractivity contribution in [3.63, 3.8) is 0 Å². The molecule has 0 atom stereocenters. The fourth-order valence-electron chi connectivity index (χ4n) is 1.46. The van der Waals surface area contributed by atoms with Crippen molar-refractivity contribution in [1.29, 1.82) is 0 Å². The fraction of sp³-hybridized carbons (Fsp3) is 0.478. The molecule has 0 aliphatic rings. The van der Waals surface area contributed by atoms with E-state index in [9.17, 15) is 0 Å². The van der Waals surface area contributed by atoms with Gasteiger partial charge in [0.15, 0.2) is 0 Å². The lowest BCUT2D eigenvalue weighted by Gasteiger charge is -1.97. The molecule has 0 heterocycles. The van der Waals surface area contributed by atoms with E-state index in [4.69, 9.17) is 4.74 Å². The maximum absolute atomic E-state index is 4.97. The average Bonchev–Trinajstić information content (AvgIpc) is 2.67. The number of hydrogen-bond donors (Lipinski definition) is 2. The summed E-state index contributed by atoms with van der Waals surface area (Å²) in [5, 5.41) is 3.02. The Balaban J connectivity index is -0.000000280. The zero-order valence-corrected chi connectivity index (χ0v) is 18.3. The monoisotopic (exact) mass is 362 g/mol. The third-order valence-corrected chi connectivity index (χ3v) is 2.70. The van der Waals surface area contributed by atoms with Gasteiger partial charge in [-0.05, 0) is 53.0 Å².